The lowest BCUT2D eigenvalue weighted by atomic mass is 10.0. The van der Waals surface area contributed by atoms with Gasteiger partial charge in [-0.25, -0.2) is 0 Å². The molecule has 2 nitrogen and oxygen atoms in total. The number of hydrogen-bond acceptors (Lipinski definition) is 2. The van der Waals surface area contributed by atoms with E-state index in [-0.39, 0.29) is 5.97 Å². The van der Waals surface area contributed by atoms with Crippen LogP contribution < -0.4 is 4.74 Å². The van der Waals surface area contributed by atoms with Crippen LogP contribution in [0.5, 0.6) is 5.75 Å². The molecule has 2 rings (SSSR count). The molecule has 1 heterocycles. The Kier molecular flexibility index (Phi) is 3.60. The lowest BCUT2D eigenvalue weighted by molar-refractivity contribution is -0.131. The molecule has 0 spiro atoms. The van der Waals surface area contributed by atoms with Crippen molar-refractivity contribution < 1.29 is 9.53 Å². The van der Waals surface area contributed by atoms with Gasteiger partial charge in [-0.1, -0.05) is 44.4 Å². The van der Waals surface area contributed by atoms with E-state index < -0.39 is 0 Å². The minimum absolute atomic E-state index is 0.115. The molecular formula is C14H18O2. The van der Waals surface area contributed by atoms with Gasteiger partial charge in [-0.05, 0) is 18.4 Å². The highest BCUT2D eigenvalue weighted by molar-refractivity contribution is 5.81. The number of carbonyl (C=O) groups is 1. The van der Waals surface area contributed by atoms with E-state index in [0.717, 1.165) is 17.7 Å². The van der Waals surface area contributed by atoms with Gasteiger partial charge in [0.05, 0.1) is 6.42 Å². The topological polar surface area (TPSA) is 26.3 Å². The summed E-state index contributed by atoms with van der Waals surface area (Å²) in [7, 11) is 0. The third-order valence-corrected chi connectivity index (χ3v) is 3.03. The van der Waals surface area contributed by atoms with Crippen LogP contribution in [-0.4, -0.2) is 5.97 Å². The Hall–Kier alpha value is -1.31. The number of benzene rings is 1. The molecule has 0 fully saturated rings. The molecular weight excluding hydrogens is 200 g/mol. The largest absolute Gasteiger partial charge is 0.426 e. The summed E-state index contributed by atoms with van der Waals surface area (Å²) in [6.07, 6.45) is 6.45. The first-order chi connectivity index (χ1) is 7.81. The molecule has 0 N–H and O–H groups in total. The standard InChI is InChI=1S/C14H18O2/c1-2-3-4-5-7-11-8-6-9-12-10-13(15)16-14(11)12/h6,8-9H,2-5,7,10H2,1H3. The summed E-state index contributed by atoms with van der Waals surface area (Å²) in [5.74, 6) is 0.722. The van der Waals surface area contributed by atoms with Crippen LogP contribution in [0.2, 0.25) is 0 Å². The number of rotatable bonds is 5. The number of unbranched alkanes of at least 4 members (excludes halogenated alkanes) is 3. The molecule has 0 amide bonds. The van der Waals surface area contributed by atoms with Gasteiger partial charge < -0.3 is 4.74 Å². The van der Waals surface area contributed by atoms with Crippen LogP contribution in [0.1, 0.15) is 43.7 Å². The van der Waals surface area contributed by atoms with Crippen LogP contribution in [0.25, 0.3) is 0 Å². The molecule has 1 aliphatic rings. The van der Waals surface area contributed by atoms with Gasteiger partial charge in [-0.15, -0.1) is 0 Å². The Morgan fingerprint density at radius 1 is 1.25 bits per heavy atom. The van der Waals surface area contributed by atoms with Crippen molar-refractivity contribution in [2.24, 2.45) is 0 Å². The van der Waals surface area contributed by atoms with Crippen molar-refractivity contribution in [3.05, 3.63) is 29.3 Å². The molecule has 0 saturated carbocycles. The van der Waals surface area contributed by atoms with Crippen molar-refractivity contribution in [3.8, 4) is 5.75 Å². The first-order valence-corrected chi connectivity index (χ1v) is 6.12. The lowest BCUT2D eigenvalue weighted by Gasteiger charge is -2.06. The summed E-state index contributed by atoms with van der Waals surface area (Å²) in [6.45, 7) is 2.21. The molecule has 0 unspecified atom stereocenters. The minimum atomic E-state index is -0.115. The molecule has 0 aliphatic carbocycles. The maximum atomic E-state index is 11.2. The first kappa shape index (κ1) is 11.2. The van der Waals surface area contributed by atoms with Crippen LogP contribution in [0.4, 0.5) is 0 Å². The van der Waals surface area contributed by atoms with Gasteiger partial charge in [-0.3, -0.25) is 4.79 Å². The summed E-state index contributed by atoms with van der Waals surface area (Å²) in [6, 6.07) is 6.08. The fourth-order valence-electron chi connectivity index (χ4n) is 2.15. The smallest absolute Gasteiger partial charge is 0.315 e. The molecule has 0 bridgehead atoms. The van der Waals surface area contributed by atoms with E-state index in [4.69, 9.17) is 4.74 Å². The molecule has 86 valence electrons. The molecule has 1 aromatic rings. The third-order valence-electron chi connectivity index (χ3n) is 3.03. The first-order valence-electron chi connectivity index (χ1n) is 6.12. The fourth-order valence-corrected chi connectivity index (χ4v) is 2.15. The van der Waals surface area contributed by atoms with Gasteiger partial charge in [0.15, 0.2) is 0 Å². The molecule has 0 aromatic heterocycles. The SMILES string of the molecule is CCCCCCc1cccc2c1OC(=O)C2. The zero-order valence-electron chi connectivity index (χ0n) is 9.79. The quantitative estimate of drug-likeness (QED) is 0.431. The summed E-state index contributed by atoms with van der Waals surface area (Å²) in [4.78, 5) is 11.2. The van der Waals surface area contributed by atoms with E-state index >= 15 is 0 Å². The average Bonchev–Trinajstić information content (AvgIpc) is 2.65. The Balaban J connectivity index is 2.00. The summed E-state index contributed by atoms with van der Waals surface area (Å²) < 4.78 is 5.26. The number of hydrogen-bond donors (Lipinski definition) is 0. The third kappa shape index (κ3) is 2.43. The van der Waals surface area contributed by atoms with E-state index in [2.05, 4.69) is 13.0 Å². The summed E-state index contributed by atoms with van der Waals surface area (Å²) in [5, 5.41) is 0. The number of ether oxygens (including phenoxy) is 1. The van der Waals surface area contributed by atoms with E-state index in [1.165, 1.54) is 31.2 Å². The van der Waals surface area contributed by atoms with Crippen molar-refractivity contribution in [1.29, 1.82) is 0 Å². The molecule has 1 aliphatic heterocycles. The number of para-hydroxylation sites is 1. The number of fused-ring (bicyclic) bond motifs is 1. The fraction of sp³-hybridized carbons (Fsp3) is 0.500. The highest BCUT2D eigenvalue weighted by Crippen LogP contribution is 2.31. The van der Waals surface area contributed by atoms with E-state index in [1.54, 1.807) is 0 Å². The molecule has 1 aromatic carbocycles. The zero-order valence-corrected chi connectivity index (χ0v) is 9.79. The summed E-state index contributed by atoms with van der Waals surface area (Å²) >= 11 is 0. The second-order valence-corrected chi connectivity index (χ2v) is 4.37. The van der Waals surface area contributed by atoms with Gasteiger partial charge in [0.2, 0.25) is 0 Å². The zero-order chi connectivity index (χ0) is 11.4. The van der Waals surface area contributed by atoms with Gasteiger partial charge in [0.1, 0.15) is 5.75 Å². The highest BCUT2D eigenvalue weighted by atomic mass is 16.5. The number of esters is 1. The Bertz CT molecular complexity index is 382. The van der Waals surface area contributed by atoms with E-state index in [0.29, 0.717) is 6.42 Å². The van der Waals surface area contributed by atoms with Crippen LogP contribution in [0.3, 0.4) is 0 Å². The molecule has 0 saturated heterocycles. The second kappa shape index (κ2) is 5.15. The maximum absolute atomic E-state index is 11.2. The van der Waals surface area contributed by atoms with Gasteiger partial charge >= 0.3 is 5.97 Å². The van der Waals surface area contributed by atoms with Crippen molar-refractivity contribution in [2.45, 2.75) is 45.4 Å². The molecule has 2 heteroatoms. The number of aryl methyl sites for hydroxylation is 1. The van der Waals surface area contributed by atoms with E-state index in [1.807, 2.05) is 12.1 Å². The predicted molar refractivity (Wildman–Crippen MR) is 63.6 cm³/mol. The Labute approximate surface area is 96.6 Å². The van der Waals surface area contributed by atoms with Gasteiger partial charge in [-0.2, -0.15) is 0 Å². The van der Waals surface area contributed by atoms with Crippen molar-refractivity contribution in [3.63, 3.8) is 0 Å². The maximum Gasteiger partial charge on any atom is 0.315 e. The normalized spacial score (nSPS) is 13.7. The Morgan fingerprint density at radius 2 is 2.12 bits per heavy atom. The Morgan fingerprint density at radius 3 is 2.94 bits per heavy atom. The van der Waals surface area contributed by atoms with Crippen LogP contribution in [0, 0.1) is 0 Å². The molecule has 16 heavy (non-hydrogen) atoms. The monoisotopic (exact) mass is 218 g/mol. The number of carbonyl (C=O) groups excluding carboxylic acids is 1. The van der Waals surface area contributed by atoms with Crippen molar-refractivity contribution >= 4 is 5.97 Å². The van der Waals surface area contributed by atoms with E-state index in [9.17, 15) is 4.79 Å². The van der Waals surface area contributed by atoms with Crippen molar-refractivity contribution in [2.75, 3.05) is 0 Å². The summed E-state index contributed by atoms with van der Waals surface area (Å²) in [5.41, 5.74) is 2.25. The second-order valence-electron chi connectivity index (χ2n) is 4.37. The van der Waals surface area contributed by atoms with Crippen LogP contribution >= 0.6 is 0 Å². The molecule has 0 radical (unpaired) electrons. The van der Waals surface area contributed by atoms with Gasteiger partial charge in [0, 0.05) is 5.56 Å². The predicted octanol–water partition coefficient (Wildman–Crippen LogP) is 3.27. The lowest BCUT2D eigenvalue weighted by Crippen LogP contribution is -2.01. The minimum Gasteiger partial charge on any atom is -0.426 e. The van der Waals surface area contributed by atoms with Crippen LogP contribution in [-0.2, 0) is 17.6 Å². The van der Waals surface area contributed by atoms with Crippen LogP contribution in [0.15, 0.2) is 18.2 Å². The highest BCUT2D eigenvalue weighted by Gasteiger charge is 2.22. The molecule has 0 atom stereocenters. The van der Waals surface area contributed by atoms with Crippen molar-refractivity contribution in [1.82, 2.24) is 0 Å². The van der Waals surface area contributed by atoms with Gasteiger partial charge in [0.25, 0.3) is 0 Å². The average molecular weight is 218 g/mol.